The van der Waals surface area contributed by atoms with Gasteiger partial charge in [-0.15, -0.1) is 23.4 Å². The Labute approximate surface area is 124 Å². The normalized spacial score (nSPS) is 11.7. The van der Waals surface area contributed by atoms with E-state index in [1.165, 1.54) is 11.8 Å². The minimum absolute atomic E-state index is 0.671. The van der Waals surface area contributed by atoms with Crippen molar-refractivity contribution >= 4 is 35.1 Å². The lowest BCUT2D eigenvalue weighted by Crippen LogP contribution is -2.16. The van der Waals surface area contributed by atoms with Gasteiger partial charge >= 0.3 is 0 Å². The van der Waals surface area contributed by atoms with Crippen molar-refractivity contribution in [2.45, 2.75) is 13.3 Å². The lowest BCUT2D eigenvalue weighted by Gasteiger charge is -2.25. The van der Waals surface area contributed by atoms with Gasteiger partial charge < -0.3 is 10.6 Å². The lowest BCUT2D eigenvalue weighted by atomic mass is 10.3. The Hall–Kier alpha value is -0.450. The molecule has 5 heteroatoms. The maximum absolute atomic E-state index is 5.85. The topological polar surface area (TPSA) is 29.3 Å². The number of thioether (sulfide) groups is 2. The van der Waals surface area contributed by atoms with Crippen LogP contribution in [0.2, 0.25) is 0 Å². The SMILES string of the molecule is C=CS/C(C(=C)N(C)C(=C)SCCCCl)=C(/C)N. The molecule has 0 heterocycles. The molecule has 2 N–H and O–H groups in total. The first kappa shape index (κ1) is 17.6. The molecule has 0 fully saturated rings. The zero-order valence-corrected chi connectivity index (χ0v) is 13.4. The van der Waals surface area contributed by atoms with E-state index < -0.39 is 0 Å². The fourth-order valence-electron chi connectivity index (χ4n) is 1.12. The quantitative estimate of drug-likeness (QED) is 0.390. The van der Waals surface area contributed by atoms with Crippen LogP contribution in [0.5, 0.6) is 0 Å². The fraction of sp³-hybridized carbons (Fsp3) is 0.385. The van der Waals surface area contributed by atoms with Gasteiger partial charge in [0.25, 0.3) is 0 Å². The van der Waals surface area contributed by atoms with Crippen LogP contribution in [0.4, 0.5) is 0 Å². The van der Waals surface area contributed by atoms with Crippen LogP contribution in [-0.4, -0.2) is 23.6 Å². The van der Waals surface area contributed by atoms with E-state index in [0.29, 0.717) is 5.88 Å². The Morgan fingerprint density at radius 2 is 2.06 bits per heavy atom. The molecule has 0 saturated carbocycles. The summed E-state index contributed by atoms with van der Waals surface area (Å²) in [7, 11) is 1.94. The number of hydrogen-bond acceptors (Lipinski definition) is 4. The fourth-order valence-corrected chi connectivity index (χ4v) is 2.86. The highest BCUT2D eigenvalue weighted by Gasteiger charge is 2.12. The molecule has 0 aromatic rings. The summed E-state index contributed by atoms with van der Waals surface area (Å²) in [6.07, 6.45) is 0.964. The zero-order chi connectivity index (χ0) is 14.1. The second-order valence-electron chi connectivity index (χ2n) is 3.59. The van der Waals surface area contributed by atoms with Gasteiger partial charge in [-0.05, 0) is 18.8 Å². The Balaban J connectivity index is 4.61. The molecule has 0 aliphatic heterocycles. The third-order valence-electron chi connectivity index (χ3n) is 2.15. The Morgan fingerprint density at radius 1 is 1.44 bits per heavy atom. The average molecular weight is 305 g/mol. The van der Waals surface area contributed by atoms with Gasteiger partial charge in [0.1, 0.15) is 0 Å². The van der Waals surface area contributed by atoms with Crippen LogP contribution >= 0.6 is 35.1 Å². The standard InChI is InChI=1S/C13H21ClN2S2/c1-6-17-13(10(2)15)11(3)16(5)12(4)18-9-7-8-14/h6H,1,3-4,7-9,15H2,2,5H3/b13-10-. The monoisotopic (exact) mass is 304 g/mol. The Kier molecular flexibility index (Phi) is 9.24. The molecule has 0 bridgehead atoms. The van der Waals surface area contributed by atoms with Crippen LogP contribution in [0.15, 0.2) is 46.5 Å². The van der Waals surface area contributed by atoms with Crippen molar-refractivity contribution in [1.82, 2.24) is 4.90 Å². The Bertz CT molecular complexity index is 347. The van der Waals surface area contributed by atoms with Crippen LogP contribution in [0.1, 0.15) is 13.3 Å². The van der Waals surface area contributed by atoms with Crippen molar-refractivity contribution in [3.63, 3.8) is 0 Å². The van der Waals surface area contributed by atoms with E-state index in [1.54, 1.807) is 17.2 Å². The molecule has 2 nitrogen and oxygen atoms in total. The first-order valence-electron chi connectivity index (χ1n) is 5.50. The van der Waals surface area contributed by atoms with Gasteiger partial charge in [0.05, 0.1) is 9.93 Å². The predicted octanol–water partition coefficient (Wildman–Crippen LogP) is 4.33. The van der Waals surface area contributed by atoms with Crippen LogP contribution < -0.4 is 5.73 Å². The summed E-state index contributed by atoms with van der Waals surface area (Å²) in [5.41, 5.74) is 7.42. The van der Waals surface area contributed by atoms with E-state index in [1.807, 2.05) is 18.9 Å². The highest BCUT2D eigenvalue weighted by molar-refractivity contribution is 8.06. The molecule has 0 unspecified atom stereocenters. The van der Waals surface area contributed by atoms with Crippen molar-refractivity contribution < 1.29 is 0 Å². The highest BCUT2D eigenvalue weighted by Crippen LogP contribution is 2.31. The molecule has 0 radical (unpaired) electrons. The van der Waals surface area contributed by atoms with Crippen molar-refractivity contribution in [3.05, 3.63) is 46.5 Å². The number of hydrogen-bond donors (Lipinski definition) is 1. The van der Waals surface area contributed by atoms with Crippen molar-refractivity contribution in [1.29, 1.82) is 0 Å². The van der Waals surface area contributed by atoms with Crippen LogP contribution in [0, 0.1) is 0 Å². The van der Waals surface area contributed by atoms with Gasteiger partial charge in [0.2, 0.25) is 0 Å². The number of nitrogens with two attached hydrogens (primary N) is 1. The molecule has 0 saturated heterocycles. The second kappa shape index (κ2) is 9.48. The summed E-state index contributed by atoms with van der Waals surface area (Å²) in [4.78, 5) is 2.87. The van der Waals surface area contributed by atoms with Crippen LogP contribution in [0.3, 0.4) is 0 Å². The van der Waals surface area contributed by atoms with Gasteiger partial charge in [-0.3, -0.25) is 0 Å². The molecule has 0 aliphatic carbocycles. The summed E-state index contributed by atoms with van der Waals surface area (Å²) in [6, 6.07) is 0. The molecule has 0 rings (SSSR count). The summed E-state index contributed by atoms with van der Waals surface area (Å²) >= 11 is 8.79. The van der Waals surface area contributed by atoms with Gasteiger partial charge in [-0.1, -0.05) is 31.5 Å². The van der Waals surface area contributed by atoms with E-state index in [4.69, 9.17) is 17.3 Å². The van der Waals surface area contributed by atoms with Gasteiger partial charge in [0.15, 0.2) is 0 Å². The molecule has 0 aliphatic rings. The smallest absolute Gasteiger partial charge is 0.0676 e. The summed E-state index contributed by atoms with van der Waals surface area (Å²) in [5.74, 6) is 1.62. The number of allylic oxidation sites excluding steroid dienone is 1. The van der Waals surface area contributed by atoms with Crippen LogP contribution in [-0.2, 0) is 0 Å². The van der Waals surface area contributed by atoms with Crippen LogP contribution in [0.25, 0.3) is 0 Å². The van der Waals surface area contributed by atoms with E-state index >= 15 is 0 Å². The number of alkyl halides is 1. The number of nitrogens with zero attached hydrogens (tertiary/aromatic N) is 1. The molecular weight excluding hydrogens is 284 g/mol. The Morgan fingerprint density at radius 3 is 2.50 bits per heavy atom. The van der Waals surface area contributed by atoms with Gasteiger partial charge in [0, 0.05) is 30.1 Å². The molecule has 0 aromatic heterocycles. The number of likely N-dealkylation sites (N-methyl/N-ethyl adjacent to an activating group) is 1. The van der Waals surface area contributed by atoms with E-state index in [-0.39, 0.29) is 0 Å². The maximum atomic E-state index is 5.85. The molecule has 0 aromatic carbocycles. The first-order valence-corrected chi connectivity index (χ1v) is 7.90. The third-order valence-corrected chi connectivity index (χ3v) is 4.47. The number of rotatable bonds is 9. The van der Waals surface area contributed by atoms with Gasteiger partial charge in [-0.25, -0.2) is 0 Å². The summed E-state index contributed by atoms with van der Waals surface area (Å²) in [6.45, 7) is 13.7. The average Bonchev–Trinajstić information content (AvgIpc) is 2.34. The maximum Gasteiger partial charge on any atom is 0.0676 e. The molecule has 18 heavy (non-hydrogen) atoms. The zero-order valence-electron chi connectivity index (χ0n) is 11.0. The van der Waals surface area contributed by atoms with E-state index in [9.17, 15) is 0 Å². The molecule has 0 amide bonds. The molecular formula is C13H21ClN2S2. The van der Waals surface area contributed by atoms with Gasteiger partial charge in [-0.2, -0.15) is 0 Å². The highest BCUT2D eigenvalue weighted by atomic mass is 35.5. The first-order chi connectivity index (χ1) is 8.45. The largest absolute Gasteiger partial charge is 0.401 e. The van der Waals surface area contributed by atoms with Crippen molar-refractivity contribution in [3.8, 4) is 0 Å². The van der Waals surface area contributed by atoms with Crippen molar-refractivity contribution in [2.24, 2.45) is 5.73 Å². The molecule has 102 valence electrons. The molecule has 0 spiro atoms. The minimum Gasteiger partial charge on any atom is -0.401 e. The summed E-state index contributed by atoms with van der Waals surface area (Å²) in [5, 5.41) is 2.68. The molecule has 0 atom stereocenters. The number of halogens is 1. The summed E-state index contributed by atoms with van der Waals surface area (Å²) < 4.78 is 0. The van der Waals surface area contributed by atoms with E-state index in [2.05, 4.69) is 19.7 Å². The van der Waals surface area contributed by atoms with Crippen molar-refractivity contribution in [2.75, 3.05) is 18.7 Å². The second-order valence-corrected chi connectivity index (χ2v) is 6.11. The predicted molar refractivity (Wildman–Crippen MR) is 88.5 cm³/mol. The minimum atomic E-state index is 0.671. The lowest BCUT2D eigenvalue weighted by molar-refractivity contribution is 0.576. The third kappa shape index (κ3) is 5.94. The van der Waals surface area contributed by atoms with E-state index in [0.717, 1.165) is 33.5 Å².